The molecule has 1 aliphatic carbocycles. The van der Waals surface area contributed by atoms with Gasteiger partial charge in [-0.25, -0.2) is 0 Å². The lowest BCUT2D eigenvalue weighted by Crippen LogP contribution is -2.37. The highest BCUT2D eigenvalue weighted by atomic mass is 16.2. The van der Waals surface area contributed by atoms with Gasteiger partial charge in [0.1, 0.15) is 0 Å². The summed E-state index contributed by atoms with van der Waals surface area (Å²) in [6, 6.07) is 6.15. The molecule has 0 radical (unpaired) electrons. The van der Waals surface area contributed by atoms with E-state index in [1.807, 2.05) is 49.0 Å². The molecule has 5 heteroatoms. The number of anilines is 2. The lowest BCUT2D eigenvalue weighted by Gasteiger charge is -2.30. The fraction of sp³-hybridized carbons (Fsp3) is 0.600. The van der Waals surface area contributed by atoms with Crippen molar-refractivity contribution in [1.82, 2.24) is 4.90 Å². The molecule has 2 rings (SSSR count). The van der Waals surface area contributed by atoms with Gasteiger partial charge in [0.25, 0.3) is 0 Å². The maximum absolute atomic E-state index is 12.4. The Balaban J connectivity index is 2.27. The van der Waals surface area contributed by atoms with Crippen molar-refractivity contribution >= 4 is 23.2 Å². The zero-order chi connectivity index (χ0) is 18.6. The van der Waals surface area contributed by atoms with Crippen LogP contribution in [-0.2, 0) is 16.1 Å². The van der Waals surface area contributed by atoms with Crippen molar-refractivity contribution in [2.75, 3.05) is 24.3 Å². The number of nitrogens with one attached hydrogen (secondary N) is 1. The molecule has 0 bridgehead atoms. The molecule has 0 spiro atoms. The van der Waals surface area contributed by atoms with E-state index in [0.29, 0.717) is 13.0 Å². The normalized spacial score (nSPS) is 14.8. The SMILES string of the molecule is CCC(=O)N(Cc1cc(NC(=O)C2CC2)ccc1N(C)C)C(C)CC. The van der Waals surface area contributed by atoms with Gasteiger partial charge in [-0.2, -0.15) is 0 Å². The van der Waals surface area contributed by atoms with Crippen LogP contribution in [0.4, 0.5) is 11.4 Å². The second-order valence-corrected chi connectivity index (χ2v) is 7.13. The van der Waals surface area contributed by atoms with Gasteiger partial charge in [-0.05, 0) is 49.9 Å². The summed E-state index contributed by atoms with van der Waals surface area (Å²) >= 11 is 0. The summed E-state index contributed by atoms with van der Waals surface area (Å²) in [6.45, 7) is 6.64. The molecule has 0 heterocycles. The molecule has 1 aromatic rings. The highest BCUT2D eigenvalue weighted by Gasteiger charge is 2.29. The Morgan fingerprint density at radius 3 is 2.44 bits per heavy atom. The first kappa shape index (κ1) is 19.3. The van der Waals surface area contributed by atoms with Crippen LogP contribution >= 0.6 is 0 Å². The molecule has 0 saturated heterocycles. The Morgan fingerprint density at radius 2 is 1.92 bits per heavy atom. The first-order valence-electron chi connectivity index (χ1n) is 9.27. The molecule has 1 N–H and O–H groups in total. The lowest BCUT2D eigenvalue weighted by atomic mass is 10.1. The van der Waals surface area contributed by atoms with Gasteiger partial charge in [0.15, 0.2) is 0 Å². The van der Waals surface area contributed by atoms with Crippen molar-refractivity contribution < 1.29 is 9.59 Å². The molecule has 1 aromatic carbocycles. The van der Waals surface area contributed by atoms with Gasteiger partial charge < -0.3 is 15.1 Å². The second kappa shape index (κ2) is 8.37. The van der Waals surface area contributed by atoms with E-state index >= 15 is 0 Å². The van der Waals surface area contributed by atoms with Crippen LogP contribution in [-0.4, -0.2) is 36.9 Å². The quantitative estimate of drug-likeness (QED) is 0.782. The summed E-state index contributed by atoms with van der Waals surface area (Å²) < 4.78 is 0. The number of hydrogen-bond acceptors (Lipinski definition) is 3. The molecular formula is C20H31N3O2. The number of benzene rings is 1. The highest BCUT2D eigenvalue weighted by Crippen LogP contribution is 2.31. The molecule has 138 valence electrons. The number of nitrogens with zero attached hydrogens (tertiary/aromatic N) is 2. The topological polar surface area (TPSA) is 52.7 Å². The standard InChI is InChI=1S/C20H31N3O2/c1-6-14(3)23(19(24)7-2)13-16-12-17(10-11-18(16)22(4)5)21-20(25)15-8-9-15/h10-12,14-15H,6-9,13H2,1-5H3,(H,21,25). The highest BCUT2D eigenvalue weighted by molar-refractivity contribution is 5.94. The van der Waals surface area contributed by atoms with Crippen LogP contribution in [0.15, 0.2) is 18.2 Å². The summed E-state index contributed by atoms with van der Waals surface area (Å²) in [5.74, 6) is 0.439. The van der Waals surface area contributed by atoms with E-state index in [9.17, 15) is 9.59 Å². The van der Waals surface area contributed by atoms with Gasteiger partial charge in [0, 0.05) is 50.4 Å². The molecular weight excluding hydrogens is 314 g/mol. The van der Waals surface area contributed by atoms with Gasteiger partial charge in [0.2, 0.25) is 11.8 Å². The molecule has 1 fully saturated rings. The van der Waals surface area contributed by atoms with Crippen LogP contribution in [0.3, 0.4) is 0 Å². The number of carbonyl (C=O) groups excluding carboxylic acids is 2. The molecule has 25 heavy (non-hydrogen) atoms. The monoisotopic (exact) mass is 345 g/mol. The number of carbonyl (C=O) groups is 2. The summed E-state index contributed by atoms with van der Waals surface area (Å²) in [4.78, 5) is 28.4. The van der Waals surface area contributed by atoms with E-state index in [1.165, 1.54) is 0 Å². The van der Waals surface area contributed by atoms with Crippen molar-refractivity contribution in [1.29, 1.82) is 0 Å². The Kier molecular flexibility index (Phi) is 6.45. The van der Waals surface area contributed by atoms with Crippen LogP contribution in [0.25, 0.3) is 0 Å². The van der Waals surface area contributed by atoms with Crippen LogP contribution in [0.5, 0.6) is 0 Å². The smallest absolute Gasteiger partial charge is 0.227 e. The predicted octanol–water partition coefficient (Wildman–Crippen LogP) is 3.64. The average Bonchev–Trinajstić information content (AvgIpc) is 3.43. The Hall–Kier alpha value is -2.04. The van der Waals surface area contributed by atoms with Crippen molar-refractivity contribution in [2.24, 2.45) is 5.92 Å². The summed E-state index contributed by atoms with van der Waals surface area (Å²) in [5, 5.41) is 3.01. The van der Waals surface area contributed by atoms with Crippen LogP contribution in [0, 0.1) is 5.92 Å². The molecule has 1 unspecified atom stereocenters. The Bertz CT molecular complexity index is 623. The Labute approximate surface area is 151 Å². The average molecular weight is 345 g/mol. The molecule has 5 nitrogen and oxygen atoms in total. The molecule has 1 saturated carbocycles. The third kappa shape index (κ3) is 4.97. The molecule has 1 aliphatic rings. The zero-order valence-electron chi connectivity index (χ0n) is 16.1. The first-order chi connectivity index (χ1) is 11.9. The van der Waals surface area contributed by atoms with Gasteiger partial charge in [-0.1, -0.05) is 13.8 Å². The number of hydrogen-bond donors (Lipinski definition) is 1. The minimum absolute atomic E-state index is 0.104. The van der Waals surface area contributed by atoms with Gasteiger partial charge in [0.05, 0.1) is 0 Å². The summed E-state index contributed by atoms with van der Waals surface area (Å²) in [6.07, 6.45) is 3.39. The van der Waals surface area contributed by atoms with Crippen molar-refractivity contribution in [3.8, 4) is 0 Å². The molecule has 2 amide bonds. The van der Waals surface area contributed by atoms with Crippen LogP contribution in [0.1, 0.15) is 52.0 Å². The van der Waals surface area contributed by atoms with Crippen molar-refractivity contribution in [3.63, 3.8) is 0 Å². The minimum Gasteiger partial charge on any atom is -0.377 e. The molecule has 1 atom stereocenters. The maximum atomic E-state index is 12.4. The van der Waals surface area contributed by atoms with Gasteiger partial charge in [-0.3, -0.25) is 9.59 Å². The number of rotatable bonds is 8. The van der Waals surface area contributed by atoms with E-state index < -0.39 is 0 Å². The molecule has 0 aromatic heterocycles. The number of amides is 2. The third-order valence-corrected chi connectivity index (χ3v) is 4.86. The minimum atomic E-state index is 0.104. The van der Waals surface area contributed by atoms with E-state index in [-0.39, 0.29) is 23.8 Å². The van der Waals surface area contributed by atoms with Crippen LogP contribution < -0.4 is 10.2 Å². The zero-order valence-corrected chi connectivity index (χ0v) is 16.1. The van der Waals surface area contributed by atoms with Crippen molar-refractivity contribution in [3.05, 3.63) is 23.8 Å². The van der Waals surface area contributed by atoms with Crippen LogP contribution in [0.2, 0.25) is 0 Å². The predicted molar refractivity (Wildman–Crippen MR) is 103 cm³/mol. The Morgan fingerprint density at radius 1 is 1.24 bits per heavy atom. The largest absolute Gasteiger partial charge is 0.377 e. The maximum Gasteiger partial charge on any atom is 0.227 e. The lowest BCUT2D eigenvalue weighted by molar-refractivity contribution is -0.133. The fourth-order valence-electron chi connectivity index (χ4n) is 2.91. The van der Waals surface area contributed by atoms with E-state index in [4.69, 9.17) is 0 Å². The molecule has 0 aliphatic heterocycles. The van der Waals surface area contributed by atoms with E-state index in [2.05, 4.69) is 19.2 Å². The van der Waals surface area contributed by atoms with Gasteiger partial charge >= 0.3 is 0 Å². The third-order valence-electron chi connectivity index (χ3n) is 4.86. The van der Waals surface area contributed by atoms with E-state index in [1.54, 1.807) is 0 Å². The second-order valence-electron chi connectivity index (χ2n) is 7.13. The summed E-state index contributed by atoms with van der Waals surface area (Å²) in [5.41, 5.74) is 2.94. The summed E-state index contributed by atoms with van der Waals surface area (Å²) in [7, 11) is 3.99. The van der Waals surface area contributed by atoms with Gasteiger partial charge in [-0.15, -0.1) is 0 Å². The first-order valence-corrected chi connectivity index (χ1v) is 9.27. The van der Waals surface area contributed by atoms with Crippen molar-refractivity contribution in [2.45, 2.75) is 59.0 Å². The van der Waals surface area contributed by atoms with E-state index in [0.717, 1.165) is 36.2 Å². The fourth-order valence-corrected chi connectivity index (χ4v) is 2.91.